The molecule has 3 aromatic rings. The molecule has 0 amide bonds. The molecule has 1 fully saturated rings. The molecule has 1 saturated carbocycles. The third-order valence-corrected chi connectivity index (χ3v) is 9.34. The Morgan fingerprint density at radius 2 is 1.84 bits per heavy atom. The molecular weight excluding hydrogens is 475 g/mol. The van der Waals surface area contributed by atoms with Gasteiger partial charge in [0.15, 0.2) is 0 Å². The Kier molecular flexibility index (Phi) is 5.97. The Balaban J connectivity index is 1.31. The van der Waals surface area contributed by atoms with Gasteiger partial charge in [-0.15, -0.1) is 0 Å². The topological polar surface area (TPSA) is 46.5 Å². The number of halogens is 1. The van der Waals surface area contributed by atoms with Crippen LogP contribution in [-0.4, -0.2) is 11.1 Å². The van der Waals surface area contributed by atoms with Crippen LogP contribution in [0.25, 0.3) is 16.7 Å². The second-order valence-electron chi connectivity index (χ2n) is 12.1. The van der Waals surface area contributed by atoms with E-state index in [1.165, 1.54) is 11.1 Å². The molecule has 3 nitrogen and oxygen atoms in total. The summed E-state index contributed by atoms with van der Waals surface area (Å²) in [5, 5.41) is 9.74. The van der Waals surface area contributed by atoms with Crippen molar-refractivity contribution in [2.24, 2.45) is 11.3 Å². The lowest BCUT2D eigenvalue weighted by molar-refractivity contribution is -0.149. The van der Waals surface area contributed by atoms with E-state index in [1.54, 1.807) is 6.07 Å². The number of hydrogen-bond acceptors (Lipinski definition) is 2. The summed E-state index contributed by atoms with van der Waals surface area (Å²) in [5.41, 5.74) is 8.16. The van der Waals surface area contributed by atoms with Crippen LogP contribution in [0, 0.1) is 24.1 Å². The first-order valence-electron chi connectivity index (χ1n) is 13.8. The van der Waals surface area contributed by atoms with E-state index in [0.717, 1.165) is 72.1 Å². The molecule has 4 heteroatoms. The normalized spacial score (nSPS) is 23.2. The molecule has 3 aliphatic rings. The lowest BCUT2D eigenvalue weighted by Crippen LogP contribution is -2.46. The van der Waals surface area contributed by atoms with Crippen molar-refractivity contribution in [2.75, 3.05) is 0 Å². The van der Waals surface area contributed by atoms with Crippen molar-refractivity contribution in [3.63, 3.8) is 0 Å². The van der Waals surface area contributed by atoms with Gasteiger partial charge in [-0.3, -0.25) is 4.79 Å². The van der Waals surface area contributed by atoms with Gasteiger partial charge in [-0.25, -0.2) is 4.39 Å². The van der Waals surface area contributed by atoms with E-state index in [1.807, 2.05) is 37.3 Å². The molecule has 196 valence electrons. The van der Waals surface area contributed by atoms with E-state index >= 15 is 0 Å². The standard InChI is InChI=1S/C34H35FO3/c1-21-6-11-31(35)27(17-21)25-10-7-22(18-26(25)28-5-4-14-33(28,2)3)20-38-24-9-8-23-12-15-34(30(23)19-24)16-13-29(34)32(36)37/h5-11,17-19,29H,4,12-16,20H2,1-3H3,(H,36,37)/t29-,34-/m0/s1. The highest BCUT2D eigenvalue weighted by molar-refractivity contribution is 5.85. The van der Waals surface area contributed by atoms with Gasteiger partial charge < -0.3 is 9.84 Å². The number of rotatable bonds is 6. The molecular formula is C34H35FO3. The highest BCUT2D eigenvalue weighted by Crippen LogP contribution is 2.57. The van der Waals surface area contributed by atoms with Crippen molar-refractivity contribution in [3.05, 3.63) is 94.3 Å². The Bertz CT molecular complexity index is 1470. The minimum absolute atomic E-state index is 0.0201. The first kappa shape index (κ1) is 24.9. The van der Waals surface area contributed by atoms with Crippen LogP contribution < -0.4 is 4.74 Å². The summed E-state index contributed by atoms with van der Waals surface area (Å²) in [6, 6.07) is 17.7. The molecule has 0 unspecified atom stereocenters. The number of allylic oxidation sites excluding steroid dienone is 2. The number of ether oxygens (including phenoxy) is 1. The fourth-order valence-electron chi connectivity index (χ4n) is 7.05. The molecule has 1 spiro atoms. The maximum Gasteiger partial charge on any atom is 0.307 e. The van der Waals surface area contributed by atoms with Gasteiger partial charge in [-0.1, -0.05) is 49.8 Å². The third kappa shape index (κ3) is 4.05. The lowest BCUT2D eigenvalue weighted by Gasteiger charge is -2.45. The SMILES string of the molecule is Cc1ccc(F)c(-c2ccc(COc3ccc4c(c3)[C@@]3(CC4)CC[C@H]3C(=O)O)cc2C2=CCCC2(C)C)c1. The van der Waals surface area contributed by atoms with Gasteiger partial charge in [0.1, 0.15) is 18.2 Å². The molecule has 0 bridgehead atoms. The maximum atomic E-state index is 15.0. The van der Waals surface area contributed by atoms with E-state index in [4.69, 9.17) is 4.74 Å². The van der Waals surface area contributed by atoms with Crippen LogP contribution in [0.1, 0.15) is 73.8 Å². The van der Waals surface area contributed by atoms with E-state index < -0.39 is 5.97 Å². The number of aliphatic carboxylic acids is 1. The molecule has 0 saturated heterocycles. The quantitative estimate of drug-likeness (QED) is 0.363. The first-order chi connectivity index (χ1) is 18.2. The molecule has 38 heavy (non-hydrogen) atoms. The third-order valence-electron chi connectivity index (χ3n) is 9.34. The molecule has 6 rings (SSSR count). The maximum absolute atomic E-state index is 15.0. The van der Waals surface area contributed by atoms with Crippen molar-refractivity contribution in [3.8, 4) is 16.9 Å². The monoisotopic (exact) mass is 510 g/mol. The number of fused-ring (bicyclic) bond motifs is 2. The largest absolute Gasteiger partial charge is 0.489 e. The summed E-state index contributed by atoms with van der Waals surface area (Å²) < 4.78 is 21.3. The summed E-state index contributed by atoms with van der Waals surface area (Å²) >= 11 is 0. The van der Waals surface area contributed by atoms with Crippen molar-refractivity contribution in [1.29, 1.82) is 0 Å². The molecule has 1 N–H and O–H groups in total. The number of benzene rings is 3. The average molecular weight is 511 g/mol. The second-order valence-corrected chi connectivity index (χ2v) is 12.1. The predicted octanol–water partition coefficient (Wildman–Crippen LogP) is 8.26. The molecule has 3 aromatic carbocycles. The summed E-state index contributed by atoms with van der Waals surface area (Å²) in [4.78, 5) is 11.8. The zero-order valence-corrected chi connectivity index (χ0v) is 22.4. The molecule has 2 atom stereocenters. The van der Waals surface area contributed by atoms with Crippen LogP contribution in [0.2, 0.25) is 0 Å². The fraction of sp³-hybridized carbons (Fsp3) is 0.382. The molecule has 0 aliphatic heterocycles. The van der Waals surface area contributed by atoms with E-state index in [2.05, 4.69) is 38.1 Å². The Morgan fingerprint density at radius 3 is 2.55 bits per heavy atom. The van der Waals surface area contributed by atoms with Gasteiger partial charge in [0, 0.05) is 11.0 Å². The Morgan fingerprint density at radius 1 is 1.00 bits per heavy atom. The van der Waals surface area contributed by atoms with Crippen LogP contribution in [0.5, 0.6) is 5.75 Å². The Hall–Kier alpha value is -3.40. The molecule has 3 aliphatic carbocycles. The van der Waals surface area contributed by atoms with Crippen molar-refractivity contribution >= 4 is 11.5 Å². The zero-order valence-electron chi connectivity index (χ0n) is 22.4. The molecule has 0 radical (unpaired) electrons. The van der Waals surface area contributed by atoms with Crippen molar-refractivity contribution in [1.82, 2.24) is 0 Å². The molecule has 0 heterocycles. The van der Waals surface area contributed by atoms with Gasteiger partial charge in [-0.2, -0.15) is 0 Å². The zero-order chi connectivity index (χ0) is 26.7. The van der Waals surface area contributed by atoms with E-state index in [9.17, 15) is 14.3 Å². The minimum Gasteiger partial charge on any atom is -0.489 e. The first-order valence-corrected chi connectivity index (χ1v) is 13.8. The average Bonchev–Trinajstić information content (AvgIpc) is 3.43. The molecule has 0 aromatic heterocycles. The van der Waals surface area contributed by atoms with E-state index in [-0.39, 0.29) is 22.6 Å². The number of carbonyl (C=O) groups is 1. The minimum atomic E-state index is -0.683. The van der Waals surface area contributed by atoms with E-state index in [0.29, 0.717) is 12.2 Å². The number of carboxylic acid groups (broad SMARTS) is 1. The van der Waals surface area contributed by atoms with Gasteiger partial charge in [0.2, 0.25) is 0 Å². The predicted molar refractivity (Wildman–Crippen MR) is 149 cm³/mol. The van der Waals surface area contributed by atoms with Crippen LogP contribution in [0.15, 0.2) is 60.7 Å². The lowest BCUT2D eigenvalue weighted by atomic mass is 9.57. The fourth-order valence-corrected chi connectivity index (χ4v) is 7.05. The second kappa shape index (κ2) is 9.11. The Labute approximate surface area is 224 Å². The van der Waals surface area contributed by atoms with Crippen LogP contribution >= 0.6 is 0 Å². The van der Waals surface area contributed by atoms with Crippen molar-refractivity contribution < 1.29 is 19.0 Å². The number of carboxylic acids is 1. The van der Waals surface area contributed by atoms with Gasteiger partial charge in [0.05, 0.1) is 5.92 Å². The highest BCUT2D eigenvalue weighted by Gasteiger charge is 2.54. The highest BCUT2D eigenvalue weighted by atomic mass is 19.1. The smallest absolute Gasteiger partial charge is 0.307 e. The summed E-state index contributed by atoms with van der Waals surface area (Å²) in [6.45, 7) is 6.91. The summed E-state index contributed by atoms with van der Waals surface area (Å²) in [6.07, 6.45) is 7.93. The number of aryl methyl sites for hydroxylation is 2. The van der Waals surface area contributed by atoms with Gasteiger partial charge >= 0.3 is 5.97 Å². The van der Waals surface area contributed by atoms with Crippen molar-refractivity contribution in [2.45, 2.75) is 71.3 Å². The summed E-state index contributed by atoms with van der Waals surface area (Å²) in [7, 11) is 0. The van der Waals surface area contributed by atoms with Crippen LogP contribution in [-0.2, 0) is 23.2 Å². The number of hydrogen-bond donors (Lipinski definition) is 1. The van der Waals surface area contributed by atoms with Gasteiger partial charge in [0.25, 0.3) is 0 Å². The summed E-state index contributed by atoms with van der Waals surface area (Å²) in [5.74, 6) is -0.409. The van der Waals surface area contributed by atoms with Crippen LogP contribution in [0.3, 0.4) is 0 Å². The van der Waals surface area contributed by atoms with Crippen LogP contribution in [0.4, 0.5) is 4.39 Å². The van der Waals surface area contributed by atoms with Gasteiger partial charge in [-0.05, 0) is 115 Å².